The average Bonchev–Trinajstić information content (AvgIpc) is 2.70. The lowest BCUT2D eigenvalue weighted by Gasteiger charge is -2.17. The molecule has 2 heterocycles. The van der Waals surface area contributed by atoms with Crippen molar-refractivity contribution in [3.63, 3.8) is 0 Å². The lowest BCUT2D eigenvalue weighted by molar-refractivity contribution is 0.401. The van der Waals surface area contributed by atoms with E-state index in [1.54, 1.807) is 24.6 Å². The first kappa shape index (κ1) is 14.0. The maximum Gasteiger partial charge on any atom is 0.142 e. The Morgan fingerprint density at radius 2 is 2.22 bits per heavy atom. The van der Waals surface area contributed by atoms with E-state index in [-0.39, 0.29) is 6.04 Å². The summed E-state index contributed by atoms with van der Waals surface area (Å²) in [5.41, 5.74) is 2.03. The largest absolute Gasteiger partial charge is 0.495 e. The second-order valence-electron chi connectivity index (χ2n) is 3.59. The van der Waals surface area contributed by atoms with E-state index in [2.05, 4.69) is 48.2 Å². The number of thiophene rings is 1. The molecule has 2 aromatic rings. The maximum absolute atomic E-state index is 5.37. The zero-order chi connectivity index (χ0) is 13.1. The normalized spacial score (nSPS) is 12.4. The number of pyridine rings is 1. The summed E-state index contributed by atoms with van der Waals surface area (Å²) in [4.78, 5) is 4.43. The van der Waals surface area contributed by atoms with Gasteiger partial charge >= 0.3 is 0 Å². The van der Waals surface area contributed by atoms with E-state index in [0.717, 1.165) is 24.6 Å². The third-order valence-corrected chi connectivity index (χ3v) is 4.96. The summed E-state index contributed by atoms with van der Waals surface area (Å²) in [6.07, 6.45) is 1.78. The predicted octanol–water partition coefficient (Wildman–Crippen LogP) is 3.99. The van der Waals surface area contributed by atoms with E-state index in [0.29, 0.717) is 0 Å². The Kier molecular flexibility index (Phi) is 4.77. The number of hydrogen-bond donors (Lipinski definition) is 1. The molecule has 0 aliphatic heterocycles. The van der Waals surface area contributed by atoms with Gasteiger partial charge in [-0.1, -0.05) is 0 Å². The van der Waals surface area contributed by atoms with E-state index in [9.17, 15) is 0 Å². The number of aromatic nitrogens is 1. The zero-order valence-electron chi connectivity index (χ0n) is 9.91. The van der Waals surface area contributed by atoms with E-state index in [1.165, 1.54) is 0 Å². The van der Waals surface area contributed by atoms with E-state index < -0.39 is 0 Å². The van der Waals surface area contributed by atoms with Crippen molar-refractivity contribution in [1.82, 2.24) is 10.3 Å². The van der Waals surface area contributed by atoms with Gasteiger partial charge in [-0.25, -0.2) is 0 Å². The second-order valence-corrected chi connectivity index (χ2v) is 7.34. The number of rotatable bonds is 4. The van der Waals surface area contributed by atoms with Crippen LogP contribution in [0.5, 0.6) is 5.75 Å². The molecule has 18 heavy (non-hydrogen) atoms. The molecule has 0 aromatic carbocycles. The van der Waals surface area contributed by atoms with Crippen molar-refractivity contribution in [2.45, 2.75) is 6.04 Å². The van der Waals surface area contributed by atoms with Crippen LogP contribution in [0.1, 0.15) is 17.3 Å². The summed E-state index contributed by atoms with van der Waals surface area (Å²) in [6, 6.07) is 5.87. The third kappa shape index (κ3) is 2.77. The van der Waals surface area contributed by atoms with Crippen molar-refractivity contribution < 1.29 is 4.74 Å². The van der Waals surface area contributed by atoms with Crippen LogP contribution in [0.2, 0.25) is 0 Å². The van der Waals surface area contributed by atoms with Crippen molar-refractivity contribution in [3.8, 4) is 5.75 Å². The van der Waals surface area contributed by atoms with Crippen LogP contribution in [0, 0.1) is 0 Å². The maximum atomic E-state index is 5.37. The topological polar surface area (TPSA) is 34.2 Å². The van der Waals surface area contributed by atoms with Crippen LogP contribution in [-0.4, -0.2) is 19.1 Å². The minimum absolute atomic E-state index is 0.00178. The lowest BCUT2D eigenvalue weighted by atomic mass is 10.1. The number of nitrogens with one attached hydrogen (secondary N) is 1. The second kappa shape index (κ2) is 6.14. The first-order valence-corrected chi connectivity index (χ1v) is 7.68. The summed E-state index contributed by atoms with van der Waals surface area (Å²) >= 11 is 8.73. The molecule has 0 radical (unpaired) electrons. The molecular formula is C12H12Br2N2OS. The van der Waals surface area contributed by atoms with Gasteiger partial charge in [-0.3, -0.25) is 4.98 Å². The zero-order valence-corrected chi connectivity index (χ0v) is 13.9. The highest BCUT2D eigenvalue weighted by Gasteiger charge is 2.21. The van der Waals surface area contributed by atoms with Crippen LogP contribution in [0.15, 0.2) is 32.0 Å². The molecule has 1 atom stereocenters. The first-order chi connectivity index (χ1) is 8.67. The molecule has 2 aromatic heterocycles. The molecule has 6 heteroatoms. The van der Waals surface area contributed by atoms with E-state index in [4.69, 9.17) is 4.74 Å². The summed E-state index contributed by atoms with van der Waals surface area (Å²) in [6.45, 7) is 0. The molecule has 0 bridgehead atoms. The third-order valence-electron chi connectivity index (χ3n) is 2.58. The Labute approximate surface area is 127 Å². The Bertz CT molecular complexity index is 545. The minimum Gasteiger partial charge on any atom is -0.495 e. The van der Waals surface area contributed by atoms with Crippen LogP contribution >= 0.6 is 43.2 Å². The Morgan fingerprint density at radius 3 is 2.78 bits per heavy atom. The standard InChI is InChI=1S/C12H12Br2N2OS/c1-15-10(7-6-9(13)18-12(7)14)11-8(17-2)4-3-5-16-11/h3-6,10,15H,1-2H3. The van der Waals surface area contributed by atoms with Gasteiger partial charge in [0, 0.05) is 11.8 Å². The smallest absolute Gasteiger partial charge is 0.142 e. The number of nitrogens with zero attached hydrogens (tertiary/aromatic N) is 1. The number of ether oxygens (including phenoxy) is 1. The van der Waals surface area contributed by atoms with Gasteiger partial charge in [-0.05, 0) is 57.1 Å². The molecule has 96 valence electrons. The van der Waals surface area contributed by atoms with E-state index >= 15 is 0 Å². The molecule has 0 fully saturated rings. The van der Waals surface area contributed by atoms with Crippen LogP contribution < -0.4 is 10.1 Å². The molecule has 0 saturated carbocycles. The molecule has 0 saturated heterocycles. The van der Waals surface area contributed by atoms with Crippen molar-refractivity contribution >= 4 is 43.2 Å². The molecule has 3 nitrogen and oxygen atoms in total. The highest BCUT2D eigenvalue weighted by atomic mass is 79.9. The van der Waals surface area contributed by atoms with Crippen molar-refractivity contribution in [2.75, 3.05) is 14.2 Å². The molecule has 0 spiro atoms. The van der Waals surface area contributed by atoms with Gasteiger partial charge in [-0.2, -0.15) is 0 Å². The highest BCUT2D eigenvalue weighted by molar-refractivity contribution is 9.12. The summed E-state index contributed by atoms with van der Waals surface area (Å²) in [7, 11) is 3.57. The van der Waals surface area contributed by atoms with Gasteiger partial charge in [0.25, 0.3) is 0 Å². The van der Waals surface area contributed by atoms with Crippen molar-refractivity contribution in [2.24, 2.45) is 0 Å². The quantitative estimate of drug-likeness (QED) is 0.855. The molecule has 0 aliphatic carbocycles. The molecule has 1 unspecified atom stereocenters. The van der Waals surface area contributed by atoms with Gasteiger partial charge < -0.3 is 10.1 Å². The molecular weight excluding hydrogens is 380 g/mol. The molecule has 1 N–H and O–H groups in total. The SMILES string of the molecule is CNC(c1cc(Br)sc1Br)c1ncccc1OC. The summed E-state index contributed by atoms with van der Waals surface area (Å²) in [5.74, 6) is 0.783. The van der Waals surface area contributed by atoms with Crippen molar-refractivity contribution in [1.29, 1.82) is 0 Å². The van der Waals surface area contributed by atoms with Crippen LogP contribution in [0.25, 0.3) is 0 Å². The minimum atomic E-state index is -0.00178. The van der Waals surface area contributed by atoms with E-state index in [1.807, 2.05) is 19.2 Å². The van der Waals surface area contributed by atoms with Crippen LogP contribution in [-0.2, 0) is 0 Å². The summed E-state index contributed by atoms with van der Waals surface area (Å²) in [5, 5.41) is 3.28. The fourth-order valence-corrected chi connectivity index (χ4v) is 4.68. The predicted molar refractivity (Wildman–Crippen MR) is 81.4 cm³/mol. The number of halogens is 2. The molecule has 2 rings (SSSR count). The van der Waals surface area contributed by atoms with Crippen LogP contribution in [0.4, 0.5) is 0 Å². The van der Waals surface area contributed by atoms with Crippen molar-refractivity contribution in [3.05, 3.63) is 43.2 Å². The van der Waals surface area contributed by atoms with Gasteiger partial charge in [0.2, 0.25) is 0 Å². The van der Waals surface area contributed by atoms with Gasteiger partial charge in [-0.15, -0.1) is 11.3 Å². The molecule has 0 amide bonds. The first-order valence-electron chi connectivity index (χ1n) is 5.28. The average molecular weight is 392 g/mol. The van der Waals surface area contributed by atoms with Gasteiger partial charge in [0.1, 0.15) is 11.4 Å². The molecule has 0 aliphatic rings. The van der Waals surface area contributed by atoms with Gasteiger partial charge in [0.05, 0.1) is 20.7 Å². The van der Waals surface area contributed by atoms with Gasteiger partial charge in [0.15, 0.2) is 0 Å². The Morgan fingerprint density at radius 1 is 1.44 bits per heavy atom. The fraction of sp³-hybridized carbons (Fsp3) is 0.250. The monoisotopic (exact) mass is 390 g/mol. The lowest BCUT2D eigenvalue weighted by Crippen LogP contribution is -2.19. The highest BCUT2D eigenvalue weighted by Crippen LogP contribution is 2.39. The van der Waals surface area contributed by atoms with Crippen LogP contribution in [0.3, 0.4) is 0 Å². The fourth-order valence-electron chi connectivity index (χ4n) is 1.78. The Hall–Kier alpha value is -0.430. The number of methoxy groups -OCH3 is 1. The number of hydrogen-bond acceptors (Lipinski definition) is 4. The summed E-state index contributed by atoms with van der Waals surface area (Å²) < 4.78 is 7.54. The Balaban J connectivity index is 2.48.